The van der Waals surface area contributed by atoms with Crippen LogP contribution in [-0.4, -0.2) is 15.9 Å². The Labute approximate surface area is 150 Å². The summed E-state index contributed by atoms with van der Waals surface area (Å²) in [5.41, 5.74) is 7.19. The fourth-order valence-electron chi connectivity index (χ4n) is 3.39. The summed E-state index contributed by atoms with van der Waals surface area (Å²) in [7, 11) is 0. The van der Waals surface area contributed by atoms with Crippen molar-refractivity contribution >= 4 is 5.78 Å². The van der Waals surface area contributed by atoms with Crippen molar-refractivity contribution in [1.82, 2.24) is 10.1 Å². The Bertz CT molecular complexity index is 944. The van der Waals surface area contributed by atoms with Crippen LogP contribution in [0, 0.1) is 5.82 Å². The molecule has 26 heavy (non-hydrogen) atoms. The zero-order valence-corrected chi connectivity index (χ0v) is 14.1. The number of nitrogens with two attached hydrogens (primary N) is 1. The molecule has 0 aliphatic heterocycles. The molecule has 2 N–H and O–H groups in total. The van der Waals surface area contributed by atoms with Crippen LogP contribution in [0.2, 0.25) is 0 Å². The smallest absolute Gasteiger partial charge is 0.258 e. The summed E-state index contributed by atoms with van der Waals surface area (Å²) in [6.45, 7) is 0. The lowest BCUT2D eigenvalue weighted by Crippen LogP contribution is -2.34. The fraction of sp³-hybridized carbons (Fsp3) is 0.250. The van der Waals surface area contributed by atoms with Crippen molar-refractivity contribution in [3.8, 4) is 11.5 Å². The lowest BCUT2D eigenvalue weighted by Gasteiger charge is -2.17. The number of benzene rings is 2. The summed E-state index contributed by atoms with van der Waals surface area (Å²) in [4.78, 5) is 17.3. The lowest BCUT2D eigenvalue weighted by atomic mass is 9.97. The van der Waals surface area contributed by atoms with Gasteiger partial charge in [-0.05, 0) is 43.2 Å². The van der Waals surface area contributed by atoms with Crippen molar-refractivity contribution < 1.29 is 13.7 Å². The second-order valence-corrected chi connectivity index (χ2v) is 6.67. The number of carbonyl (C=O) groups excluding carboxylic acids is 1. The Balaban J connectivity index is 1.71. The average Bonchev–Trinajstić information content (AvgIpc) is 3.32. The van der Waals surface area contributed by atoms with E-state index in [1.807, 2.05) is 0 Å². The minimum absolute atomic E-state index is 0.233. The molecule has 0 radical (unpaired) electrons. The normalized spacial score (nSPS) is 15.9. The number of hydrogen-bond donors (Lipinski definition) is 1. The van der Waals surface area contributed by atoms with Gasteiger partial charge in [-0.3, -0.25) is 4.79 Å². The van der Waals surface area contributed by atoms with Crippen LogP contribution in [0.4, 0.5) is 4.39 Å². The Morgan fingerprint density at radius 3 is 2.50 bits per heavy atom. The van der Waals surface area contributed by atoms with Crippen LogP contribution in [-0.2, 0) is 5.54 Å². The maximum Gasteiger partial charge on any atom is 0.258 e. The quantitative estimate of drug-likeness (QED) is 0.722. The van der Waals surface area contributed by atoms with E-state index in [1.54, 1.807) is 24.3 Å². The predicted molar refractivity (Wildman–Crippen MR) is 93.9 cm³/mol. The van der Waals surface area contributed by atoms with Gasteiger partial charge in [-0.1, -0.05) is 36.2 Å². The highest BCUT2D eigenvalue weighted by Gasteiger charge is 2.36. The predicted octanol–water partition coefficient (Wildman–Crippen LogP) is 3.83. The molecule has 6 heteroatoms. The summed E-state index contributed by atoms with van der Waals surface area (Å²) < 4.78 is 18.5. The molecule has 0 spiro atoms. The molecule has 2 aromatic carbocycles. The van der Waals surface area contributed by atoms with Gasteiger partial charge in [0.05, 0.1) is 11.1 Å². The van der Waals surface area contributed by atoms with Gasteiger partial charge in [0.25, 0.3) is 5.89 Å². The second kappa shape index (κ2) is 6.46. The lowest BCUT2D eigenvalue weighted by molar-refractivity contribution is 0.103. The summed E-state index contributed by atoms with van der Waals surface area (Å²) in [6.07, 6.45) is 3.73. The molecular formula is C20H18FN3O2. The van der Waals surface area contributed by atoms with Crippen LogP contribution in [0.5, 0.6) is 0 Å². The SMILES string of the molecule is NC1(c2noc(-c3ccccc3C(=O)c3ccc(F)cc3)n2)CCCC1. The minimum Gasteiger partial charge on any atom is -0.334 e. The molecule has 5 nitrogen and oxygen atoms in total. The number of aromatic nitrogens is 2. The van der Waals surface area contributed by atoms with Gasteiger partial charge < -0.3 is 10.3 Å². The van der Waals surface area contributed by atoms with Crippen LogP contribution < -0.4 is 5.73 Å². The van der Waals surface area contributed by atoms with Gasteiger partial charge in [0.2, 0.25) is 0 Å². The van der Waals surface area contributed by atoms with E-state index < -0.39 is 5.54 Å². The van der Waals surface area contributed by atoms with Gasteiger partial charge in [-0.15, -0.1) is 0 Å². The van der Waals surface area contributed by atoms with Crippen LogP contribution >= 0.6 is 0 Å². The van der Waals surface area contributed by atoms with Crippen molar-refractivity contribution in [2.24, 2.45) is 5.73 Å². The second-order valence-electron chi connectivity index (χ2n) is 6.67. The van der Waals surface area contributed by atoms with Gasteiger partial charge in [0.1, 0.15) is 5.82 Å². The van der Waals surface area contributed by atoms with Gasteiger partial charge in [-0.2, -0.15) is 4.98 Å². The molecule has 3 aromatic rings. The average molecular weight is 351 g/mol. The molecule has 132 valence electrons. The number of halogens is 1. The van der Waals surface area contributed by atoms with Gasteiger partial charge >= 0.3 is 0 Å². The monoisotopic (exact) mass is 351 g/mol. The molecule has 1 aliphatic rings. The Morgan fingerprint density at radius 1 is 1.08 bits per heavy atom. The van der Waals surface area contributed by atoms with Gasteiger partial charge in [-0.25, -0.2) is 4.39 Å². The molecule has 0 atom stereocenters. The molecule has 4 rings (SSSR count). The van der Waals surface area contributed by atoms with Gasteiger partial charge in [0, 0.05) is 11.1 Å². The number of carbonyl (C=O) groups is 1. The van der Waals surface area contributed by atoms with E-state index in [9.17, 15) is 9.18 Å². The van der Waals surface area contributed by atoms with E-state index in [1.165, 1.54) is 24.3 Å². The highest BCUT2D eigenvalue weighted by atomic mass is 19.1. The van der Waals surface area contributed by atoms with Crippen molar-refractivity contribution in [2.75, 3.05) is 0 Å². The molecule has 1 fully saturated rings. The molecule has 1 aromatic heterocycles. The topological polar surface area (TPSA) is 82.0 Å². The Kier molecular flexibility index (Phi) is 4.12. The van der Waals surface area contributed by atoms with E-state index in [4.69, 9.17) is 10.3 Å². The van der Waals surface area contributed by atoms with Crippen molar-refractivity contribution in [2.45, 2.75) is 31.2 Å². The molecule has 0 saturated heterocycles. The van der Waals surface area contributed by atoms with E-state index >= 15 is 0 Å². The summed E-state index contributed by atoms with van der Waals surface area (Å²) in [5.74, 6) is 0.127. The maximum atomic E-state index is 13.1. The van der Waals surface area contributed by atoms with Crippen molar-refractivity contribution in [3.63, 3.8) is 0 Å². The molecule has 0 bridgehead atoms. The Morgan fingerprint density at radius 2 is 1.77 bits per heavy atom. The maximum absolute atomic E-state index is 13.1. The zero-order valence-electron chi connectivity index (χ0n) is 14.1. The molecule has 0 amide bonds. The highest BCUT2D eigenvalue weighted by molar-refractivity contribution is 6.12. The van der Waals surface area contributed by atoms with E-state index in [2.05, 4.69) is 10.1 Å². The summed E-state index contributed by atoms with van der Waals surface area (Å²) in [6, 6.07) is 12.5. The van der Waals surface area contributed by atoms with Crippen molar-refractivity contribution in [1.29, 1.82) is 0 Å². The standard InChI is InChI=1S/C20H18FN3O2/c21-14-9-7-13(8-10-14)17(25)15-5-1-2-6-16(15)18-23-19(24-26-18)20(22)11-3-4-12-20/h1-2,5-10H,3-4,11-12,22H2. The van der Waals surface area contributed by atoms with E-state index in [0.29, 0.717) is 22.5 Å². The number of nitrogens with zero attached hydrogens (tertiary/aromatic N) is 2. The first-order valence-electron chi connectivity index (χ1n) is 8.60. The zero-order chi connectivity index (χ0) is 18.1. The first kappa shape index (κ1) is 16.6. The third-order valence-electron chi connectivity index (χ3n) is 4.88. The molecule has 1 saturated carbocycles. The minimum atomic E-state index is -0.558. The largest absolute Gasteiger partial charge is 0.334 e. The number of rotatable bonds is 4. The molecule has 1 heterocycles. The van der Waals surface area contributed by atoms with Crippen LogP contribution in [0.25, 0.3) is 11.5 Å². The molecule has 0 unspecified atom stereocenters. The first-order valence-corrected chi connectivity index (χ1v) is 8.60. The third-order valence-corrected chi connectivity index (χ3v) is 4.88. The van der Waals surface area contributed by atoms with E-state index in [-0.39, 0.29) is 17.5 Å². The first-order chi connectivity index (χ1) is 12.6. The number of ketones is 1. The highest BCUT2D eigenvalue weighted by Crippen LogP contribution is 2.36. The Hall–Kier alpha value is -2.86. The fourth-order valence-corrected chi connectivity index (χ4v) is 3.39. The van der Waals surface area contributed by atoms with E-state index in [0.717, 1.165) is 25.7 Å². The van der Waals surface area contributed by atoms with Gasteiger partial charge in [0.15, 0.2) is 11.6 Å². The van der Waals surface area contributed by atoms with Crippen LogP contribution in [0.15, 0.2) is 53.1 Å². The summed E-state index contributed by atoms with van der Waals surface area (Å²) >= 11 is 0. The summed E-state index contributed by atoms with van der Waals surface area (Å²) in [5, 5.41) is 4.06. The molecular weight excluding hydrogens is 333 g/mol. The van der Waals surface area contributed by atoms with Crippen LogP contribution in [0.1, 0.15) is 47.4 Å². The van der Waals surface area contributed by atoms with Crippen LogP contribution in [0.3, 0.4) is 0 Å². The third kappa shape index (κ3) is 2.93. The van der Waals surface area contributed by atoms with Crippen molar-refractivity contribution in [3.05, 3.63) is 71.3 Å². The molecule has 1 aliphatic carbocycles. The number of hydrogen-bond acceptors (Lipinski definition) is 5.